The van der Waals surface area contributed by atoms with Gasteiger partial charge in [0.15, 0.2) is 0 Å². The number of nitrogens with one attached hydrogen (secondary N) is 1. The molecule has 0 unspecified atom stereocenters. The van der Waals surface area contributed by atoms with E-state index in [2.05, 4.69) is 5.32 Å². The molecule has 0 saturated carbocycles. The molecule has 1 aliphatic rings. The summed E-state index contributed by atoms with van der Waals surface area (Å²) in [5.74, 6) is 1.05. The summed E-state index contributed by atoms with van der Waals surface area (Å²) in [5.41, 5.74) is 0.958. The number of methoxy groups -OCH3 is 1. The molecular formula is C16H23FN2O2. The second-order valence-electron chi connectivity index (χ2n) is 5.54. The van der Waals surface area contributed by atoms with Crippen molar-refractivity contribution in [3.8, 4) is 5.75 Å². The summed E-state index contributed by atoms with van der Waals surface area (Å²) >= 11 is 0. The van der Waals surface area contributed by atoms with Crippen LogP contribution in [-0.2, 0) is 11.3 Å². The number of ether oxygens (including phenoxy) is 1. The van der Waals surface area contributed by atoms with Crippen molar-refractivity contribution in [1.82, 2.24) is 10.2 Å². The van der Waals surface area contributed by atoms with Gasteiger partial charge in [0.05, 0.1) is 7.11 Å². The van der Waals surface area contributed by atoms with Gasteiger partial charge in [0.1, 0.15) is 11.6 Å². The standard InChI is InChI=1S/C16H23FN2O2/c1-12(20)19-7-5-13(6-8-19)10-18-11-14-3-4-15(17)9-16(14)21-2/h3-4,9,13,18H,5-8,10-11H2,1-2H3. The maximum Gasteiger partial charge on any atom is 0.219 e. The number of likely N-dealkylation sites (tertiary alicyclic amines) is 1. The fourth-order valence-electron chi connectivity index (χ4n) is 2.73. The molecule has 2 rings (SSSR count). The first-order valence-electron chi connectivity index (χ1n) is 7.38. The molecule has 1 heterocycles. The van der Waals surface area contributed by atoms with Gasteiger partial charge in [-0.05, 0) is 31.4 Å². The van der Waals surface area contributed by atoms with Crippen LogP contribution < -0.4 is 10.1 Å². The van der Waals surface area contributed by atoms with Gasteiger partial charge in [0.25, 0.3) is 0 Å². The monoisotopic (exact) mass is 294 g/mol. The number of nitrogens with zero attached hydrogens (tertiary/aromatic N) is 1. The van der Waals surface area contributed by atoms with Crippen LogP contribution in [0.25, 0.3) is 0 Å². The van der Waals surface area contributed by atoms with Crippen LogP contribution in [0.15, 0.2) is 18.2 Å². The molecule has 1 saturated heterocycles. The topological polar surface area (TPSA) is 41.6 Å². The van der Waals surface area contributed by atoms with Gasteiger partial charge in [-0.1, -0.05) is 6.07 Å². The van der Waals surface area contributed by atoms with Crippen LogP contribution in [-0.4, -0.2) is 37.6 Å². The minimum Gasteiger partial charge on any atom is -0.496 e. The highest BCUT2D eigenvalue weighted by Crippen LogP contribution is 2.20. The summed E-state index contributed by atoms with van der Waals surface area (Å²) in [6.45, 7) is 4.89. The summed E-state index contributed by atoms with van der Waals surface area (Å²) in [7, 11) is 1.55. The van der Waals surface area contributed by atoms with E-state index < -0.39 is 0 Å². The van der Waals surface area contributed by atoms with E-state index in [1.54, 1.807) is 20.1 Å². The molecule has 1 N–H and O–H groups in total. The number of hydrogen-bond acceptors (Lipinski definition) is 3. The third-order valence-corrected chi connectivity index (χ3v) is 4.06. The predicted molar refractivity (Wildman–Crippen MR) is 79.6 cm³/mol. The summed E-state index contributed by atoms with van der Waals surface area (Å²) in [6.07, 6.45) is 2.07. The number of carbonyl (C=O) groups is 1. The smallest absolute Gasteiger partial charge is 0.219 e. The molecular weight excluding hydrogens is 271 g/mol. The van der Waals surface area contributed by atoms with Crippen molar-refractivity contribution in [3.63, 3.8) is 0 Å². The van der Waals surface area contributed by atoms with E-state index in [-0.39, 0.29) is 11.7 Å². The Bertz CT molecular complexity index is 485. The second-order valence-corrected chi connectivity index (χ2v) is 5.54. The first-order valence-corrected chi connectivity index (χ1v) is 7.38. The van der Waals surface area contributed by atoms with E-state index in [1.807, 2.05) is 4.90 Å². The van der Waals surface area contributed by atoms with Crippen LogP contribution in [0.4, 0.5) is 4.39 Å². The quantitative estimate of drug-likeness (QED) is 0.905. The molecule has 1 aliphatic heterocycles. The van der Waals surface area contributed by atoms with Gasteiger partial charge in [-0.2, -0.15) is 0 Å². The Labute approximate surface area is 125 Å². The van der Waals surface area contributed by atoms with Crippen molar-refractivity contribution >= 4 is 5.91 Å². The molecule has 1 aromatic rings. The van der Waals surface area contributed by atoms with Crippen LogP contribution in [0.5, 0.6) is 5.75 Å². The van der Waals surface area contributed by atoms with Crippen LogP contribution in [0.3, 0.4) is 0 Å². The van der Waals surface area contributed by atoms with Crippen LogP contribution in [0, 0.1) is 11.7 Å². The van der Waals surface area contributed by atoms with E-state index in [0.29, 0.717) is 18.2 Å². The van der Waals surface area contributed by atoms with E-state index >= 15 is 0 Å². The lowest BCUT2D eigenvalue weighted by atomic mass is 9.96. The summed E-state index contributed by atoms with van der Waals surface area (Å²) in [6, 6.07) is 4.60. The Morgan fingerprint density at radius 1 is 1.43 bits per heavy atom. The van der Waals surface area contributed by atoms with E-state index in [4.69, 9.17) is 4.74 Å². The lowest BCUT2D eigenvalue weighted by molar-refractivity contribution is -0.130. The SMILES string of the molecule is COc1cc(F)ccc1CNCC1CCN(C(C)=O)CC1. The molecule has 1 amide bonds. The molecule has 0 atom stereocenters. The molecule has 0 radical (unpaired) electrons. The summed E-state index contributed by atoms with van der Waals surface area (Å²) in [4.78, 5) is 13.2. The second kappa shape index (κ2) is 7.41. The average molecular weight is 294 g/mol. The Balaban J connectivity index is 1.76. The molecule has 0 aromatic heterocycles. The van der Waals surface area contributed by atoms with Crippen molar-refractivity contribution in [3.05, 3.63) is 29.6 Å². The first kappa shape index (κ1) is 15.8. The Morgan fingerprint density at radius 3 is 2.76 bits per heavy atom. The van der Waals surface area contributed by atoms with Crippen molar-refractivity contribution in [2.45, 2.75) is 26.3 Å². The zero-order chi connectivity index (χ0) is 15.2. The van der Waals surface area contributed by atoms with Crippen LogP contribution in [0.1, 0.15) is 25.3 Å². The first-order chi connectivity index (χ1) is 10.1. The third-order valence-electron chi connectivity index (χ3n) is 4.06. The van der Waals surface area contributed by atoms with Gasteiger partial charge in [0.2, 0.25) is 5.91 Å². The maximum absolute atomic E-state index is 13.1. The molecule has 0 bridgehead atoms. The molecule has 5 heteroatoms. The van der Waals surface area contributed by atoms with Crippen LogP contribution in [0.2, 0.25) is 0 Å². The van der Waals surface area contributed by atoms with Gasteiger partial charge in [-0.3, -0.25) is 4.79 Å². The van der Waals surface area contributed by atoms with Gasteiger partial charge in [-0.25, -0.2) is 4.39 Å². The Morgan fingerprint density at radius 2 is 2.14 bits per heavy atom. The Kier molecular flexibility index (Phi) is 5.56. The maximum atomic E-state index is 13.1. The number of carbonyl (C=O) groups excluding carboxylic acids is 1. The molecule has 1 aromatic carbocycles. The minimum absolute atomic E-state index is 0.164. The molecule has 21 heavy (non-hydrogen) atoms. The molecule has 4 nitrogen and oxygen atoms in total. The van der Waals surface area contributed by atoms with Crippen molar-refractivity contribution < 1.29 is 13.9 Å². The lowest BCUT2D eigenvalue weighted by Gasteiger charge is -2.31. The molecule has 0 aliphatic carbocycles. The van der Waals surface area contributed by atoms with Crippen molar-refractivity contribution in [1.29, 1.82) is 0 Å². The fraction of sp³-hybridized carbons (Fsp3) is 0.562. The average Bonchev–Trinajstić information content (AvgIpc) is 2.49. The predicted octanol–water partition coefficient (Wildman–Crippen LogP) is 2.18. The third kappa shape index (κ3) is 4.43. The lowest BCUT2D eigenvalue weighted by Crippen LogP contribution is -2.39. The highest BCUT2D eigenvalue weighted by molar-refractivity contribution is 5.73. The molecule has 116 valence electrons. The number of halogens is 1. The number of benzene rings is 1. The largest absolute Gasteiger partial charge is 0.496 e. The summed E-state index contributed by atoms with van der Waals surface area (Å²) < 4.78 is 18.3. The zero-order valence-corrected chi connectivity index (χ0v) is 12.7. The number of hydrogen-bond donors (Lipinski definition) is 1. The number of amides is 1. The number of rotatable bonds is 5. The van der Waals surface area contributed by atoms with Crippen molar-refractivity contribution in [2.75, 3.05) is 26.7 Å². The molecule has 0 spiro atoms. The zero-order valence-electron chi connectivity index (χ0n) is 12.7. The van der Waals surface area contributed by atoms with Gasteiger partial charge in [-0.15, -0.1) is 0 Å². The van der Waals surface area contributed by atoms with E-state index in [0.717, 1.165) is 38.0 Å². The highest BCUT2D eigenvalue weighted by atomic mass is 19.1. The van der Waals surface area contributed by atoms with E-state index in [9.17, 15) is 9.18 Å². The highest BCUT2D eigenvalue weighted by Gasteiger charge is 2.20. The minimum atomic E-state index is -0.285. The Hall–Kier alpha value is -1.62. The van der Waals surface area contributed by atoms with Gasteiger partial charge < -0.3 is 15.0 Å². The normalized spacial score (nSPS) is 16.0. The van der Waals surface area contributed by atoms with Gasteiger partial charge >= 0.3 is 0 Å². The van der Waals surface area contributed by atoms with Crippen LogP contribution >= 0.6 is 0 Å². The fourth-order valence-corrected chi connectivity index (χ4v) is 2.73. The molecule has 1 fully saturated rings. The van der Waals surface area contributed by atoms with Gasteiger partial charge in [0, 0.05) is 38.2 Å². The van der Waals surface area contributed by atoms with E-state index in [1.165, 1.54) is 12.1 Å². The van der Waals surface area contributed by atoms with Crippen molar-refractivity contribution in [2.24, 2.45) is 5.92 Å². The number of piperidine rings is 1. The summed E-state index contributed by atoms with van der Waals surface area (Å²) in [5, 5.41) is 3.40.